The highest BCUT2D eigenvalue weighted by atomic mass is 19.4. The van der Waals surface area contributed by atoms with Gasteiger partial charge in [0.15, 0.2) is 5.82 Å². The first-order chi connectivity index (χ1) is 16.3. The summed E-state index contributed by atoms with van der Waals surface area (Å²) in [6.45, 7) is 2.16. The number of pyridine rings is 1. The molecule has 172 valence electrons. The van der Waals surface area contributed by atoms with Crippen LogP contribution < -0.4 is 0 Å². The van der Waals surface area contributed by atoms with Crippen LogP contribution >= 0.6 is 0 Å². The second-order valence-corrected chi connectivity index (χ2v) is 8.29. The van der Waals surface area contributed by atoms with Crippen molar-refractivity contribution in [2.24, 2.45) is 0 Å². The molecule has 4 aromatic rings. The highest BCUT2D eigenvalue weighted by molar-refractivity contribution is 5.63. The van der Waals surface area contributed by atoms with Crippen LogP contribution in [0.4, 0.5) is 17.6 Å². The highest BCUT2D eigenvalue weighted by Gasteiger charge is 2.30. The number of hydrogen-bond acceptors (Lipinski definition) is 4. The molecule has 34 heavy (non-hydrogen) atoms. The zero-order chi connectivity index (χ0) is 23.7. The van der Waals surface area contributed by atoms with Gasteiger partial charge in [-0.15, -0.1) is 0 Å². The van der Waals surface area contributed by atoms with E-state index in [9.17, 15) is 17.6 Å². The fraction of sp³-hybridized carbons (Fsp3) is 0.192. The molecule has 0 spiro atoms. The van der Waals surface area contributed by atoms with Crippen molar-refractivity contribution in [2.75, 3.05) is 6.54 Å². The maximum Gasteiger partial charge on any atom is 0.416 e. The molecule has 0 amide bonds. The van der Waals surface area contributed by atoms with Crippen molar-refractivity contribution in [3.05, 3.63) is 101 Å². The number of hydrogen-bond donors (Lipinski definition) is 0. The number of benzene rings is 2. The van der Waals surface area contributed by atoms with Crippen molar-refractivity contribution in [3.8, 4) is 22.5 Å². The largest absolute Gasteiger partial charge is 0.416 e. The predicted octanol–water partition coefficient (Wildman–Crippen LogP) is 5.92. The third kappa shape index (κ3) is 4.82. The van der Waals surface area contributed by atoms with E-state index in [0.29, 0.717) is 24.5 Å². The highest BCUT2D eigenvalue weighted by Crippen LogP contribution is 2.31. The van der Waals surface area contributed by atoms with Crippen molar-refractivity contribution in [1.29, 1.82) is 0 Å². The number of fused-ring (bicyclic) bond motifs is 1. The maximum atomic E-state index is 13.2. The zero-order valence-corrected chi connectivity index (χ0v) is 18.1. The summed E-state index contributed by atoms with van der Waals surface area (Å²) in [5.41, 5.74) is 4.67. The van der Waals surface area contributed by atoms with E-state index in [1.807, 2.05) is 6.20 Å². The molecule has 5 rings (SSSR count). The van der Waals surface area contributed by atoms with Gasteiger partial charge in [-0.2, -0.15) is 13.2 Å². The molecule has 3 heterocycles. The summed E-state index contributed by atoms with van der Waals surface area (Å²) in [7, 11) is 0. The molecule has 0 unspecified atom stereocenters. The van der Waals surface area contributed by atoms with Crippen LogP contribution in [0.1, 0.15) is 22.4 Å². The van der Waals surface area contributed by atoms with Crippen molar-refractivity contribution in [2.45, 2.75) is 25.7 Å². The fourth-order valence-corrected chi connectivity index (χ4v) is 4.09. The molecule has 0 N–H and O–H groups in total. The van der Waals surface area contributed by atoms with Gasteiger partial charge in [-0.25, -0.2) is 14.4 Å². The minimum atomic E-state index is -4.37. The van der Waals surface area contributed by atoms with E-state index >= 15 is 0 Å². The number of nitrogens with zero attached hydrogens (tertiary/aromatic N) is 4. The number of rotatable bonds is 4. The molecule has 0 fully saturated rings. The van der Waals surface area contributed by atoms with Gasteiger partial charge in [0.25, 0.3) is 0 Å². The van der Waals surface area contributed by atoms with Crippen molar-refractivity contribution < 1.29 is 17.6 Å². The quantitative estimate of drug-likeness (QED) is 0.352. The number of aromatic nitrogens is 3. The van der Waals surface area contributed by atoms with Gasteiger partial charge in [-0.3, -0.25) is 9.88 Å². The molecular formula is C26H20F4N4. The Morgan fingerprint density at radius 1 is 0.853 bits per heavy atom. The van der Waals surface area contributed by atoms with E-state index in [0.717, 1.165) is 53.0 Å². The molecule has 1 aliphatic heterocycles. The van der Waals surface area contributed by atoms with Gasteiger partial charge in [0, 0.05) is 61.3 Å². The minimum absolute atomic E-state index is 0.274. The fourth-order valence-electron chi connectivity index (χ4n) is 4.09. The van der Waals surface area contributed by atoms with Gasteiger partial charge in [0.05, 0.1) is 11.3 Å². The lowest BCUT2D eigenvalue weighted by molar-refractivity contribution is -0.137. The Kier molecular flexibility index (Phi) is 5.83. The lowest BCUT2D eigenvalue weighted by atomic mass is 10.0. The Labute approximate surface area is 194 Å². The first-order valence-corrected chi connectivity index (χ1v) is 10.8. The van der Waals surface area contributed by atoms with Gasteiger partial charge in [-0.1, -0.05) is 24.3 Å². The summed E-state index contributed by atoms with van der Waals surface area (Å²) in [6.07, 6.45) is 1.70. The molecule has 0 atom stereocenters. The monoisotopic (exact) mass is 464 g/mol. The van der Waals surface area contributed by atoms with Gasteiger partial charge < -0.3 is 0 Å². The molecule has 8 heteroatoms. The average Bonchev–Trinajstić information content (AvgIpc) is 2.84. The Balaban J connectivity index is 1.29. The molecule has 2 aromatic carbocycles. The van der Waals surface area contributed by atoms with Crippen LogP contribution in [-0.4, -0.2) is 26.4 Å². The predicted molar refractivity (Wildman–Crippen MR) is 120 cm³/mol. The SMILES string of the molecule is Fc1ccc(-c2cncc(CN3CCc4nc(-c5ccc(C(F)(F)F)cc5)ncc4C3)c2)cc1. The van der Waals surface area contributed by atoms with Crippen LogP contribution in [0.2, 0.25) is 0 Å². The third-order valence-corrected chi connectivity index (χ3v) is 5.86. The number of alkyl halides is 3. The van der Waals surface area contributed by atoms with Crippen molar-refractivity contribution in [1.82, 2.24) is 19.9 Å². The van der Waals surface area contributed by atoms with Crippen molar-refractivity contribution >= 4 is 0 Å². The molecular weight excluding hydrogens is 444 g/mol. The van der Waals surface area contributed by atoms with E-state index in [2.05, 4.69) is 25.9 Å². The Hall–Kier alpha value is -3.65. The number of halogens is 4. The Morgan fingerprint density at radius 2 is 1.59 bits per heavy atom. The Bertz CT molecular complexity index is 1300. The van der Waals surface area contributed by atoms with E-state index in [4.69, 9.17) is 0 Å². The van der Waals surface area contributed by atoms with Gasteiger partial charge in [-0.05, 0) is 41.5 Å². The van der Waals surface area contributed by atoms with Crippen LogP contribution in [0.15, 0.2) is 73.2 Å². The second kappa shape index (κ2) is 8.95. The molecule has 0 radical (unpaired) electrons. The summed E-state index contributed by atoms with van der Waals surface area (Å²) in [5, 5.41) is 0. The first kappa shape index (κ1) is 22.2. The normalized spacial score (nSPS) is 14.1. The van der Waals surface area contributed by atoms with Gasteiger partial charge >= 0.3 is 6.18 Å². The maximum absolute atomic E-state index is 13.2. The molecule has 4 nitrogen and oxygen atoms in total. The summed E-state index contributed by atoms with van der Waals surface area (Å²) < 4.78 is 51.6. The summed E-state index contributed by atoms with van der Waals surface area (Å²) in [5.74, 6) is 0.153. The summed E-state index contributed by atoms with van der Waals surface area (Å²) >= 11 is 0. The topological polar surface area (TPSA) is 41.9 Å². The van der Waals surface area contributed by atoms with Crippen molar-refractivity contribution in [3.63, 3.8) is 0 Å². The Morgan fingerprint density at radius 3 is 2.32 bits per heavy atom. The average molecular weight is 464 g/mol. The van der Waals surface area contributed by atoms with E-state index in [1.54, 1.807) is 24.5 Å². The van der Waals surface area contributed by atoms with Crippen LogP contribution in [0.3, 0.4) is 0 Å². The molecule has 1 aliphatic rings. The van der Waals surface area contributed by atoms with Crippen LogP contribution in [0.5, 0.6) is 0 Å². The van der Waals surface area contributed by atoms with Gasteiger partial charge in [0.1, 0.15) is 5.82 Å². The van der Waals surface area contributed by atoms with Crippen LogP contribution in [0, 0.1) is 5.82 Å². The molecule has 0 saturated carbocycles. The lowest BCUT2D eigenvalue weighted by Crippen LogP contribution is -2.31. The molecule has 0 saturated heterocycles. The zero-order valence-electron chi connectivity index (χ0n) is 18.1. The molecule has 2 aromatic heterocycles. The van der Waals surface area contributed by atoms with E-state index in [-0.39, 0.29) is 5.82 Å². The van der Waals surface area contributed by atoms with Gasteiger partial charge in [0.2, 0.25) is 0 Å². The van der Waals surface area contributed by atoms with Crippen LogP contribution in [-0.2, 0) is 25.7 Å². The van der Waals surface area contributed by atoms with E-state index < -0.39 is 11.7 Å². The van der Waals surface area contributed by atoms with E-state index in [1.165, 1.54) is 24.3 Å². The standard InChI is InChI=1S/C26H20F4N4/c27-23-7-3-18(4-8-23)20-11-17(12-31-13-20)15-34-10-9-24-21(16-34)14-32-25(33-24)19-1-5-22(6-2-19)26(28,29)30/h1-8,11-14H,9-10,15-16H2. The minimum Gasteiger partial charge on any atom is -0.294 e. The first-order valence-electron chi connectivity index (χ1n) is 10.8. The molecule has 0 bridgehead atoms. The lowest BCUT2D eigenvalue weighted by Gasteiger charge is -2.28. The van der Waals surface area contributed by atoms with Crippen LogP contribution in [0.25, 0.3) is 22.5 Å². The smallest absolute Gasteiger partial charge is 0.294 e. The third-order valence-electron chi connectivity index (χ3n) is 5.86. The second-order valence-electron chi connectivity index (χ2n) is 8.29. The summed E-state index contributed by atoms with van der Waals surface area (Å²) in [6, 6.07) is 13.3. The molecule has 0 aliphatic carbocycles. The summed E-state index contributed by atoms with van der Waals surface area (Å²) in [4.78, 5) is 15.6.